The number of hydrogen-bond donors (Lipinski definition) is 0. The third-order valence-electron chi connectivity index (χ3n) is 18.4. The van der Waals surface area contributed by atoms with Crippen LogP contribution in [0.15, 0.2) is 134 Å². The second-order valence-electron chi connectivity index (χ2n) is 29.4. The molecule has 0 aliphatic heterocycles. The second kappa shape index (κ2) is 81.1. The quantitative estimate of drug-likeness (QED) is 0.0195. The van der Waals surface area contributed by atoms with Gasteiger partial charge in [-0.2, -0.15) is 0 Å². The maximum atomic E-state index is 13.0. The Morgan fingerprint density at radius 3 is 0.851 bits per heavy atom. The molecule has 0 bridgehead atoms. The van der Waals surface area contributed by atoms with Crippen molar-refractivity contribution in [3.8, 4) is 0 Å². The average molecular weight is 1410 g/mol. The Balaban J connectivity index is 4.05. The fraction of sp³-hybridized carbons (Fsp3) is 0.728. The molecule has 0 aliphatic carbocycles. The third-order valence-corrected chi connectivity index (χ3v) is 18.4. The Bertz CT molecular complexity index is 2130. The molecule has 580 valence electrons. The van der Waals surface area contributed by atoms with E-state index in [1.54, 1.807) is 0 Å². The van der Waals surface area contributed by atoms with E-state index in [2.05, 4.69) is 148 Å². The van der Waals surface area contributed by atoms with Crippen LogP contribution >= 0.6 is 0 Å². The molecule has 0 spiro atoms. The van der Waals surface area contributed by atoms with E-state index in [1.165, 1.54) is 218 Å². The molecule has 0 fully saturated rings. The molecule has 2 unspecified atom stereocenters. The Morgan fingerprint density at radius 2 is 0.564 bits per heavy atom. The van der Waals surface area contributed by atoms with Crippen LogP contribution in [-0.2, 0) is 33.3 Å². The van der Waals surface area contributed by atoms with Crippen LogP contribution in [0.1, 0.15) is 373 Å². The monoisotopic (exact) mass is 1410 g/mol. The van der Waals surface area contributed by atoms with E-state index in [1.807, 2.05) is 21.1 Å². The van der Waals surface area contributed by atoms with E-state index in [0.717, 1.165) is 122 Å². The van der Waals surface area contributed by atoms with Gasteiger partial charge in [-0.1, -0.05) is 379 Å². The summed E-state index contributed by atoms with van der Waals surface area (Å²) in [5.41, 5.74) is 0. The first kappa shape index (κ1) is 96.4. The predicted octanol–water partition coefficient (Wildman–Crippen LogP) is 26.3. The molecular formula is C92H159NO8. The summed E-state index contributed by atoms with van der Waals surface area (Å²) in [6, 6.07) is 0. The van der Waals surface area contributed by atoms with E-state index in [0.29, 0.717) is 17.4 Å². The number of likely N-dealkylation sites (N-methyl/N-ethyl adjacent to an activating group) is 1. The Hall–Kier alpha value is -4.57. The van der Waals surface area contributed by atoms with Crippen molar-refractivity contribution in [2.75, 3.05) is 47.5 Å². The normalized spacial score (nSPS) is 13.3. The van der Waals surface area contributed by atoms with Crippen molar-refractivity contribution < 1.29 is 42.9 Å². The highest BCUT2D eigenvalue weighted by Crippen LogP contribution is 2.19. The van der Waals surface area contributed by atoms with Crippen LogP contribution in [-0.4, -0.2) is 82.3 Å². The molecule has 9 heteroatoms. The van der Waals surface area contributed by atoms with Gasteiger partial charge >= 0.3 is 11.9 Å². The molecule has 9 nitrogen and oxygen atoms in total. The van der Waals surface area contributed by atoms with Gasteiger partial charge in [0.1, 0.15) is 13.2 Å². The van der Waals surface area contributed by atoms with Crippen LogP contribution in [0.5, 0.6) is 0 Å². The Kier molecular flexibility index (Phi) is 77.4. The van der Waals surface area contributed by atoms with Crippen LogP contribution < -0.4 is 5.11 Å². The predicted molar refractivity (Wildman–Crippen MR) is 435 cm³/mol. The summed E-state index contributed by atoms with van der Waals surface area (Å²) in [4.78, 5) is 37.6. The smallest absolute Gasteiger partial charge is 0.306 e. The molecule has 0 aromatic carbocycles. The van der Waals surface area contributed by atoms with Gasteiger partial charge < -0.3 is 33.3 Å². The lowest BCUT2D eigenvalue weighted by Gasteiger charge is -2.26. The van der Waals surface area contributed by atoms with Crippen molar-refractivity contribution in [2.24, 2.45) is 0 Å². The number of rotatable bonds is 78. The number of carboxylic acids is 1. The third kappa shape index (κ3) is 82.6. The lowest BCUT2D eigenvalue weighted by atomic mass is 10.0. The molecule has 2 atom stereocenters. The van der Waals surface area contributed by atoms with E-state index in [9.17, 15) is 19.5 Å². The maximum absolute atomic E-state index is 13.0. The fourth-order valence-electron chi connectivity index (χ4n) is 12.0. The molecule has 0 heterocycles. The van der Waals surface area contributed by atoms with Crippen LogP contribution in [0.4, 0.5) is 0 Å². The van der Waals surface area contributed by atoms with E-state index >= 15 is 0 Å². The number of esters is 2. The number of carbonyl (C=O) groups is 3. The highest BCUT2D eigenvalue weighted by molar-refractivity contribution is 5.70. The first-order chi connectivity index (χ1) is 49.6. The number of quaternary nitrogens is 1. The molecule has 0 amide bonds. The highest BCUT2D eigenvalue weighted by Gasteiger charge is 2.22. The molecule has 0 aromatic heterocycles. The van der Waals surface area contributed by atoms with Crippen molar-refractivity contribution in [1.82, 2.24) is 0 Å². The van der Waals surface area contributed by atoms with Crippen molar-refractivity contribution in [2.45, 2.75) is 386 Å². The average Bonchev–Trinajstić information content (AvgIpc) is 1.25. The van der Waals surface area contributed by atoms with Crippen LogP contribution in [0.25, 0.3) is 0 Å². The number of aliphatic carboxylic acids is 1. The highest BCUT2D eigenvalue weighted by atomic mass is 16.7. The molecule has 0 aromatic rings. The molecule has 0 rings (SSSR count). The SMILES string of the molecule is CC/C=C\C/C=C\C/C=C\C/C=C\C/C=C\C/C=C\C/C=C\C/C=C\C/C=C\C/C=C\CCCCCCCCC(=O)OC(COC(=O)CCCCCCCCCCCCCCCCCCCCCCCCCCCCC/C=C\CCCCCCCCCC)COC(OCC[N+](C)(C)C)C(=O)[O-]. The number of nitrogens with zero attached hydrogens (tertiary/aromatic N) is 1. The number of allylic oxidation sites excluding steroid dienone is 22. The van der Waals surface area contributed by atoms with Gasteiger partial charge in [0.2, 0.25) is 0 Å². The van der Waals surface area contributed by atoms with Crippen LogP contribution in [0, 0.1) is 0 Å². The fourth-order valence-corrected chi connectivity index (χ4v) is 12.0. The molecule has 0 radical (unpaired) electrons. The van der Waals surface area contributed by atoms with Gasteiger partial charge in [-0.15, -0.1) is 0 Å². The summed E-state index contributed by atoms with van der Waals surface area (Å²) in [7, 11) is 5.93. The van der Waals surface area contributed by atoms with Crippen molar-refractivity contribution in [3.63, 3.8) is 0 Å². The summed E-state index contributed by atoms with van der Waals surface area (Å²) in [5, 5.41) is 11.9. The van der Waals surface area contributed by atoms with Gasteiger partial charge in [0.05, 0.1) is 40.3 Å². The minimum Gasteiger partial charge on any atom is -0.545 e. The lowest BCUT2D eigenvalue weighted by molar-refractivity contribution is -0.870. The minimum atomic E-state index is -1.63. The van der Waals surface area contributed by atoms with Crippen molar-refractivity contribution >= 4 is 17.9 Å². The summed E-state index contributed by atoms with van der Waals surface area (Å²) in [6.07, 6.45) is 115. The molecule has 0 aliphatic rings. The zero-order chi connectivity index (χ0) is 73.2. The number of ether oxygens (including phenoxy) is 4. The molecule has 0 saturated heterocycles. The lowest BCUT2D eigenvalue weighted by Crippen LogP contribution is -2.44. The molecule has 101 heavy (non-hydrogen) atoms. The van der Waals surface area contributed by atoms with Gasteiger partial charge in [0.15, 0.2) is 12.4 Å². The second-order valence-corrected chi connectivity index (χ2v) is 29.4. The Morgan fingerprint density at radius 1 is 0.307 bits per heavy atom. The van der Waals surface area contributed by atoms with Crippen molar-refractivity contribution in [3.05, 3.63) is 134 Å². The first-order valence-electron chi connectivity index (χ1n) is 42.3. The molecular weight excluding hydrogens is 1250 g/mol. The number of hydrogen-bond acceptors (Lipinski definition) is 8. The number of carboxylic acid groups (broad SMARTS) is 1. The zero-order valence-corrected chi connectivity index (χ0v) is 66.5. The Labute approximate surface area is 624 Å². The van der Waals surface area contributed by atoms with E-state index in [4.69, 9.17) is 18.9 Å². The summed E-state index contributed by atoms with van der Waals surface area (Å²) >= 11 is 0. The van der Waals surface area contributed by atoms with E-state index in [-0.39, 0.29) is 38.6 Å². The van der Waals surface area contributed by atoms with Crippen LogP contribution in [0.2, 0.25) is 0 Å². The topological polar surface area (TPSA) is 111 Å². The van der Waals surface area contributed by atoms with Gasteiger partial charge in [-0.3, -0.25) is 9.59 Å². The summed E-state index contributed by atoms with van der Waals surface area (Å²) in [5.74, 6) is -2.30. The first-order valence-corrected chi connectivity index (χ1v) is 42.3. The zero-order valence-electron chi connectivity index (χ0n) is 66.5. The minimum absolute atomic E-state index is 0.140. The molecule has 0 saturated carbocycles. The van der Waals surface area contributed by atoms with Gasteiger partial charge in [0.25, 0.3) is 0 Å². The van der Waals surface area contributed by atoms with Gasteiger partial charge in [-0.25, -0.2) is 0 Å². The van der Waals surface area contributed by atoms with Gasteiger partial charge in [0, 0.05) is 12.8 Å². The largest absolute Gasteiger partial charge is 0.545 e. The standard InChI is InChI=1S/C92H159NO8/c1-6-8-10-12-14-16-18-20-22-24-26-28-30-32-34-36-38-40-42-44-45-47-48-50-52-54-56-58-60-62-64-66-68-70-72-74-76-78-80-82-89(94)99-86-88(87-100-92(91(96)97)98-85-84-93(3,4)5)101-90(95)83-81-79-77-75-73-71-69-67-65-63-61-59-57-55-53-51-49-46-43-41-39-37-35-33-31-29-27-25-23-21-19-17-15-13-11-9-7-2/h9,11,15,17,21,23-24,26-27,29,33,35,39,41,46,49,53,55,59,61,65,67,88,92H,6-8,10,12-14,16,18-20,22,25,28,30-32,34,36-38,40,42-45,47-48,50-52,54,56-58,60,62-64,66,68-87H2,1-5H3/b11-9-,17-15-,23-21-,26-24-,29-27-,35-33-,41-39-,49-46-,55-53-,61-59-,67-65-. The van der Waals surface area contributed by atoms with Crippen LogP contribution in [0.3, 0.4) is 0 Å². The number of unbranched alkanes of at least 4 members (excludes halogenated alkanes) is 41. The number of carbonyl (C=O) groups excluding carboxylic acids is 3. The molecule has 0 N–H and O–H groups in total. The summed E-state index contributed by atoms with van der Waals surface area (Å²) in [6.45, 7) is 4.65. The van der Waals surface area contributed by atoms with Crippen molar-refractivity contribution in [1.29, 1.82) is 0 Å². The summed E-state index contributed by atoms with van der Waals surface area (Å²) < 4.78 is 22.9. The maximum Gasteiger partial charge on any atom is 0.306 e. The van der Waals surface area contributed by atoms with E-state index < -0.39 is 24.3 Å². The van der Waals surface area contributed by atoms with Gasteiger partial charge in [-0.05, 0) is 116 Å².